The Morgan fingerprint density at radius 2 is 1.67 bits per heavy atom. The maximum atomic E-state index is 13.3. The third-order valence-electron chi connectivity index (χ3n) is 6.46. The molecule has 2 saturated heterocycles. The normalized spacial score (nSPS) is 16.9. The molecule has 2 fully saturated rings. The number of ether oxygens (including phenoxy) is 1. The number of pyridine rings is 1. The number of halogens is 1. The van der Waals surface area contributed by atoms with Crippen molar-refractivity contribution in [1.29, 1.82) is 0 Å². The average Bonchev–Trinajstić information content (AvgIpc) is 3.49. The standard InChI is InChI=1S/C25H19FN6O4/c26-15-2-4-16(5-3-15)31-14-28-19-12-18(7-8-20(19)31)36-21-9-6-17(13-27-21)32-11-1-10-25(32)22(33)29-24(35)30-23(25)34/h2-9,12-14H,1,10-11H2,(H2,29,30,33,34,35). The molecule has 4 amide bonds. The number of rotatable bonds is 4. The van der Waals surface area contributed by atoms with Crippen LogP contribution in [0.2, 0.25) is 0 Å². The maximum Gasteiger partial charge on any atom is 0.328 e. The fourth-order valence-corrected chi connectivity index (χ4v) is 4.76. The van der Waals surface area contributed by atoms with Gasteiger partial charge in [-0.15, -0.1) is 0 Å². The molecule has 0 saturated carbocycles. The van der Waals surface area contributed by atoms with Crippen LogP contribution in [-0.2, 0) is 9.59 Å². The molecule has 2 aromatic carbocycles. The minimum absolute atomic E-state index is 0.292. The molecule has 0 unspecified atom stereocenters. The summed E-state index contributed by atoms with van der Waals surface area (Å²) >= 11 is 0. The molecule has 4 aromatic rings. The van der Waals surface area contributed by atoms with Crippen LogP contribution in [0.1, 0.15) is 12.8 Å². The van der Waals surface area contributed by atoms with Crippen LogP contribution >= 0.6 is 0 Å². The molecule has 2 aliphatic heterocycles. The molecule has 0 radical (unpaired) electrons. The fraction of sp³-hybridized carbons (Fsp3) is 0.160. The van der Waals surface area contributed by atoms with Crippen LogP contribution < -0.4 is 20.3 Å². The van der Waals surface area contributed by atoms with E-state index in [1.54, 1.807) is 47.6 Å². The number of nitrogens with one attached hydrogen (secondary N) is 2. The van der Waals surface area contributed by atoms with Crippen LogP contribution in [0.25, 0.3) is 16.7 Å². The van der Waals surface area contributed by atoms with Gasteiger partial charge in [-0.25, -0.2) is 19.2 Å². The summed E-state index contributed by atoms with van der Waals surface area (Å²) in [5.74, 6) is -0.742. The fourth-order valence-electron chi connectivity index (χ4n) is 4.76. The number of imide groups is 2. The SMILES string of the molecule is O=C1NC(=O)C2(CCCN2c2ccc(Oc3ccc4c(c3)ncn4-c3ccc(F)cc3)nc2)C(=O)N1. The van der Waals surface area contributed by atoms with Crippen LogP contribution in [0, 0.1) is 5.82 Å². The van der Waals surface area contributed by atoms with E-state index in [1.807, 2.05) is 10.6 Å². The molecule has 2 aliphatic rings. The van der Waals surface area contributed by atoms with Gasteiger partial charge in [0.2, 0.25) is 5.88 Å². The molecule has 180 valence electrons. The average molecular weight is 486 g/mol. The van der Waals surface area contributed by atoms with Gasteiger partial charge in [-0.1, -0.05) is 0 Å². The smallest absolute Gasteiger partial charge is 0.328 e. The predicted octanol–water partition coefficient (Wildman–Crippen LogP) is 3.06. The highest BCUT2D eigenvalue weighted by Crippen LogP contribution is 2.36. The molecule has 2 N–H and O–H groups in total. The van der Waals surface area contributed by atoms with Crippen LogP contribution in [0.5, 0.6) is 11.6 Å². The number of nitrogens with zero attached hydrogens (tertiary/aromatic N) is 4. The van der Waals surface area contributed by atoms with Gasteiger partial charge in [0.05, 0.1) is 22.9 Å². The number of urea groups is 1. The number of benzene rings is 2. The van der Waals surface area contributed by atoms with E-state index in [4.69, 9.17) is 4.74 Å². The first kappa shape index (κ1) is 21.7. The zero-order chi connectivity index (χ0) is 24.9. The minimum atomic E-state index is -1.48. The van der Waals surface area contributed by atoms with E-state index < -0.39 is 23.4 Å². The number of carbonyl (C=O) groups is 3. The molecule has 11 heteroatoms. The van der Waals surface area contributed by atoms with E-state index >= 15 is 0 Å². The van der Waals surface area contributed by atoms with Gasteiger partial charge in [0, 0.05) is 24.4 Å². The van der Waals surface area contributed by atoms with E-state index in [9.17, 15) is 18.8 Å². The topological polar surface area (TPSA) is 118 Å². The van der Waals surface area contributed by atoms with Crippen molar-refractivity contribution >= 4 is 34.6 Å². The van der Waals surface area contributed by atoms with E-state index in [-0.39, 0.29) is 5.82 Å². The van der Waals surface area contributed by atoms with Crippen molar-refractivity contribution in [1.82, 2.24) is 25.2 Å². The lowest BCUT2D eigenvalue weighted by molar-refractivity contribution is -0.137. The summed E-state index contributed by atoms with van der Waals surface area (Å²) in [4.78, 5) is 47.2. The first-order chi connectivity index (χ1) is 17.4. The minimum Gasteiger partial charge on any atom is -0.439 e. The Bertz CT molecular complexity index is 1500. The second-order valence-electron chi connectivity index (χ2n) is 8.55. The highest BCUT2D eigenvalue weighted by molar-refractivity contribution is 6.24. The molecule has 2 aromatic heterocycles. The van der Waals surface area contributed by atoms with Gasteiger partial charge < -0.3 is 9.64 Å². The summed E-state index contributed by atoms with van der Waals surface area (Å²) in [6.45, 7) is 0.463. The summed E-state index contributed by atoms with van der Waals surface area (Å²) in [6.07, 6.45) is 4.09. The number of barbiturate groups is 1. The highest BCUT2D eigenvalue weighted by Gasteiger charge is 2.57. The first-order valence-electron chi connectivity index (χ1n) is 11.3. The van der Waals surface area contributed by atoms with Crippen molar-refractivity contribution < 1.29 is 23.5 Å². The number of hydrogen-bond donors (Lipinski definition) is 2. The molecule has 6 rings (SSSR count). The Hall–Kier alpha value is -4.80. The Labute approximate surface area is 203 Å². The summed E-state index contributed by atoms with van der Waals surface area (Å²) in [7, 11) is 0. The van der Waals surface area contributed by atoms with Gasteiger partial charge in [-0.2, -0.15) is 0 Å². The zero-order valence-electron chi connectivity index (χ0n) is 18.8. The molecular weight excluding hydrogens is 467 g/mol. The molecule has 10 nitrogen and oxygen atoms in total. The molecule has 36 heavy (non-hydrogen) atoms. The van der Waals surface area contributed by atoms with Crippen molar-refractivity contribution in [2.75, 3.05) is 11.4 Å². The number of aromatic nitrogens is 3. The van der Waals surface area contributed by atoms with Crippen molar-refractivity contribution in [3.63, 3.8) is 0 Å². The summed E-state index contributed by atoms with van der Waals surface area (Å²) in [5, 5.41) is 4.39. The predicted molar refractivity (Wildman–Crippen MR) is 126 cm³/mol. The van der Waals surface area contributed by atoms with E-state index in [2.05, 4.69) is 20.6 Å². The molecular formula is C25H19FN6O4. The maximum absolute atomic E-state index is 13.3. The number of imidazole rings is 1. The molecule has 0 bridgehead atoms. The van der Waals surface area contributed by atoms with Gasteiger partial charge >= 0.3 is 6.03 Å². The second-order valence-corrected chi connectivity index (χ2v) is 8.55. The lowest BCUT2D eigenvalue weighted by Gasteiger charge is -2.38. The van der Waals surface area contributed by atoms with Crippen LogP contribution in [0.3, 0.4) is 0 Å². The van der Waals surface area contributed by atoms with E-state index in [0.29, 0.717) is 42.2 Å². The van der Waals surface area contributed by atoms with E-state index in [0.717, 1.165) is 11.2 Å². The van der Waals surface area contributed by atoms with Gasteiger partial charge in [0.15, 0.2) is 5.54 Å². The molecule has 4 heterocycles. The summed E-state index contributed by atoms with van der Waals surface area (Å²) < 4.78 is 21.0. The largest absolute Gasteiger partial charge is 0.439 e. The lowest BCUT2D eigenvalue weighted by Crippen LogP contribution is -2.71. The highest BCUT2D eigenvalue weighted by atomic mass is 19.1. The molecule has 0 atom stereocenters. The first-order valence-corrected chi connectivity index (χ1v) is 11.3. The number of carbonyl (C=O) groups excluding carboxylic acids is 3. The van der Waals surface area contributed by atoms with Crippen molar-refractivity contribution in [2.45, 2.75) is 18.4 Å². The van der Waals surface area contributed by atoms with Crippen molar-refractivity contribution in [2.24, 2.45) is 0 Å². The number of amides is 4. The van der Waals surface area contributed by atoms with E-state index in [1.165, 1.54) is 18.3 Å². The Kier molecular flexibility index (Phi) is 4.92. The quantitative estimate of drug-likeness (QED) is 0.426. The van der Waals surface area contributed by atoms with Gasteiger partial charge in [0.1, 0.15) is 17.9 Å². The third kappa shape index (κ3) is 3.44. The van der Waals surface area contributed by atoms with Crippen LogP contribution in [0.4, 0.5) is 14.9 Å². The lowest BCUT2D eigenvalue weighted by atomic mass is 9.92. The van der Waals surface area contributed by atoms with Gasteiger partial charge in [0.25, 0.3) is 11.8 Å². The Balaban J connectivity index is 1.22. The van der Waals surface area contributed by atoms with Gasteiger partial charge in [-0.3, -0.25) is 24.8 Å². The summed E-state index contributed by atoms with van der Waals surface area (Å²) in [6, 6.07) is 14.1. The molecule has 1 spiro atoms. The third-order valence-corrected chi connectivity index (χ3v) is 6.46. The van der Waals surface area contributed by atoms with Crippen LogP contribution in [0.15, 0.2) is 67.1 Å². The monoisotopic (exact) mass is 486 g/mol. The molecule has 0 aliphatic carbocycles. The zero-order valence-corrected chi connectivity index (χ0v) is 18.8. The van der Waals surface area contributed by atoms with Crippen molar-refractivity contribution in [3.8, 4) is 17.3 Å². The number of fused-ring (bicyclic) bond motifs is 1. The Morgan fingerprint density at radius 3 is 2.39 bits per heavy atom. The van der Waals surface area contributed by atoms with Crippen LogP contribution in [-0.4, -0.2) is 44.5 Å². The number of hydrogen-bond acceptors (Lipinski definition) is 7. The summed E-state index contributed by atoms with van der Waals surface area (Å²) in [5.41, 5.74) is 1.39. The number of anilines is 1. The van der Waals surface area contributed by atoms with Gasteiger partial charge in [-0.05, 0) is 55.3 Å². The Morgan fingerprint density at radius 1 is 0.917 bits per heavy atom. The van der Waals surface area contributed by atoms with Crippen molar-refractivity contribution in [3.05, 3.63) is 72.9 Å². The second kappa shape index (κ2) is 8.15.